The lowest BCUT2D eigenvalue weighted by Crippen LogP contribution is -2.32. The first-order valence-corrected chi connectivity index (χ1v) is 7.91. The summed E-state index contributed by atoms with van der Waals surface area (Å²) in [6.07, 6.45) is 1.74. The predicted molar refractivity (Wildman–Crippen MR) is 83.0 cm³/mol. The van der Waals surface area contributed by atoms with Crippen LogP contribution in [-0.2, 0) is 6.42 Å². The number of hydrogen-bond donors (Lipinski definition) is 2. The fourth-order valence-corrected chi connectivity index (χ4v) is 2.54. The Labute approximate surface area is 130 Å². The van der Waals surface area contributed by atoms with E-state index in [0.717, 1.165) is 44.1 Å². The third-order valence-electron chi connectivity index (χ3n) is 3.74. The highest BCUT2D eigenvalue weighted by atomic mass is 19.4. The van der Waals surface area contributed by atoms with Gasteiger partial charge in [-0.1, -0.05) is 56.4 Å². The lowest BCUT2D eigenvalue weighted by molar-refractivity contribution is -0.135. The van der Waals surface area contributed by atoms with Gasteiger partial charge in [-0.3, -0.25) is 0 Å². The zero-order valence-corrected chi connectivity index (χ0v) is 12.8. The molecule has 1 aromatic rings. The summed E-state index contributed by atoms with van der Waals surface area (Å²) in [7, 11) is -1.44. The van der Waals surface area contributed by atoms with E-state index in [4.69, 9.17) is 0 Å². The monoisotopic (exact) mass is 316 g/mol. The molecule has 124 valence electrons. The normalized spacial score (nSPS) is 11.7. The molecule has 0 unspecified atom stereocenters. The third kappa shape index (κ3) is 8.44. The van der Waals surface area contributed by atoms with E-state index in [1.807, 2.05) is 12.1 Å². The number of halogens is 3. The maximum Gasteiger partial charge on any atom is 0.488 e. The van der Waals surface area contributed by atoms with Crippen molar-refractivity contribution in [2.75, 3.05) is 0 Å². The SMILES string of the molecule is OB(O)c1ccccc1CCCCCCCCCC(F)(F)F. The molecule has 0 fully saturated rings. The molecule has 0 aliphatic rings. The first-order chi connectivity index (χ1) is 10.4. The van der Waals surface area contributed by atoms with Crippen LogP contribution in [0.3, 0.4) is 0 Å². The van der Waals surface area contributed by atoms with Crippen LogP contribution in [0, 0.1) is 0 Å². The maximum atomic E-state index is 11.9. The average molecular weight is 316 g/mol. The van der Waals surface area contributed by atoms with Crippen molar-refractivity contribution in [3.8, 4) is 0 Å². The van der Waals surface area contributed by atoms with E-state index in [9.17, 15) is 23.2 Å². The van der Waals surface area contributed by atoms with Gasteiger partial charge in [-0.2, -0.15) is 13.2 Å². The molecular weight excluding hydrogens is 292 g/mol. The second kappa shape index (κ2) is 9.90. The first-order valence-electron chi connectivity index (χ1n) is 7.91. The molecule has 0 aliphatic carbocycles. The molecular formula is C16H24BF3O2. The Bertz CT molecular complexity index is 422. The van der Waals surface area contributed by atoms with Gasteiger partial charge < -0.3 is 10.0 Å². The molecule has 0 heterocycles. The van der Waals surface area contributed by atoms with Gasteiger partial charge in [0.15, 0.2) is 0 Å². The Balaban J connectivity index is 2.07. The highest BCUT2D eigenvalue weighted by molar-refractivity contribution is 6.59. The van der Waals surface area contributed by atoms with Gasteiger partial charge in [0.05, 0.1) is 0 Å². The number of alkyl halides is 3. The van der Waals surface area contributed by atoms with Crippen molar-refractivity contribution < 1.29 is 23.2 Å². The van der Waals surface area contributed by atoms with Crippen LogP contribution in [-0.4, -0.2) is 23.3 Å². The van der Waals surface area contributed by atoms with Crippen molar-refractivity contribution in [2.45, 2.75) is 64.0 Å². The number of unbranched alkanes of at least 4 members (excludes halogenated alkanes) is 6. The molecule has 1 rings (SSSR count). The molecule has 2 N–H and O–H groups in total. The minimum absolute atomic E-state index is 0.227. The molecule has 0 saturated heterocycles. The van der Waals surface area contributed by atoms with Gasteiger partial charge in [0.25, 0.3) is 0 Å². The Hall–Kier alpha value is -1.01. The topological polar surface area (TPSA) is 40.5 Å². The molecule has 2 nitrogen and oxygen atoms in total. The average Bonchev–Trinajstić information content (AvgIpc) is 2.44. The Morgan fingerprint density at radius 3 is 1.95 bits per heavy atom. The lowest BCUT2D eigenvalue weighted by Gasteiger charge is -2.08. The summed E-state index contributed by atoms with van der Waals surface area (Å²) in [6, 6.07) is 7.26. The highest BCUT2D eigenvalue weighted by Crippen LogP contribution is 2.23. The number of hydrogen-bond acceptors (Lipinski definition) is 2. The summed E-state index contributed by atoms with van der Waals surface area (Å²) < 4.78 is 35.8. The second-order valence-electron chi connectivity index (χ2n) is 5.66. The van der Waals surface area contributed by atoms with E-state index in [2.05, 4.69) is 0 Å². The van der Waals surface area contributed by atoms with E-state index in [-0.39, 0.29) is 6.42 Å². The Morgan fingerprint density at radius 1 is 0.818 bits per heavy atom. The van der Waals surface area contributed by atoms with E-state index in [1.165, 1.54) is 0 Å². The van der Waals surface area contributed by atoms with Crippen LogP contribution < -0.4 is 5.46 Å². The molecule has 1 aromatic carbocycles. The Kier molecular flexibility index (Phi) is 8.57. The van der Waals surface area contributed by atoms with Crippen LogP contribution in [0.25, 0.3) is 0 Å². The zero-order chi connectivity index (χ0) is 16.4. The minimum Gasteiger partial charge on any atom is -0.423 e. The molecule has 0 aromatic heterocycles. The molecule has 0 amide bonds. The summed E-state index contributed by atoms with van der Waals surface area (Å²) in [5, 5.41) is 18.5. The van der Waals surface area contributed by atoms with Gasteiger partial charge in [-0.25, -0.2) is 0 Å². The molecule has 0 spiro atoms. The van der Waals surface area contributed by atoms with Crippen molar-refractivity contribution in [3.05, 3.63) is 29.8 Å². The number of benzene rings is 1. The van der Waals surface area contributed by atoms with E-state index in [1.54, 1.807) is 12.1 Å². The van der Waals surface area contributed by atoms with Gasteiger partial charge >= 0.3 is 13.3 Å². The second-order valence-corrected chi connectivity index (χ2v) is 5.66. The standard InChI is InChI=1S/C16H24BF3O2/c18-16(19,20)13-9-5-3-1-2-4-6-10-14-11-7-8-12-15(14)17(21)22/h7-8,11-12,21-22H,1-6,9-10,13H2. The molecule has 0 bridgehead atoms. The van der Waals surface area contributed by atoms with Crippen molar-refractivity contribution in [3.63, 3.8) is 0 Å². The molecule has 22 heavy (non-hydrogen) atoms. The fraction of sp³-hybridized carbons (Fsp3) is 0.625. The smallest absolute Gasteiger partial charge is 0.423 e. The minimum atomic E-state index is -4.02. The van der Waals surface area contributed by atoms with Gasteiger partial charge in [-0.05, 0) is 30.3 Å². The summed E-state index contributed by atoms with van der Waals surface area (Å²) in [6.45, 7) is 0. The van der Waals surface area contributed by atoms with E-state index in [0.29, 0.717) is 11.9 Å². The van der Waals surface area contributed by atoms with Gasteiger partial charge in [0.2, 0.25) is 0 Å². The van der Waals surface area contributed by atoms with Crippen LogP contribution in [0.1, 0.15) is 56.9 Å². The molecule has 0 radical (unpaired) electrons. The van der Waals surface area contributed by atoms with Crippen molar-refractivity contribution in [2.24, 2.45) is 0 Å². The van der Waals surface area contributed by atoms with Crippen molar-refractivity contribution >= 4 is 12.6 Å². The van der Waals surface area contributed by atoms with Gasteiger partial charge in [0, 0.05) is 6.42 Å². The summed E-state index contributed by atoms with van der Waals surface area (Å²) in [5.41, 5.74) is 1.50. The third-order valence-corrected chi connectivity index (χ3v) is 3.74. The summed E-state index contributed by atoms with van der Waals surface area (Å²) in [5.74, 6) is 0. The van der Waals surface area contributed by atoms with E-state index >= 15 is 0 Å². The van der Waals surface area contributed by atoms with Gasteiger partial charge in [-0.15, -0.1) is 0 Å². The predicted octanol–water partition coefficient (Wildman–Crippen LogP) is 3.59. The van der Waals surface area contributed by atoms with E-state index < -0.39 is 19.7 Å². The molecule has 0 saturated carbocycles. The van der Waals surface area contributed by atoms with Crippen LogP contribution in [0.5, 0.6) is 0 Å². The van der Waals surface area contributed by atoms with Crippen LogP contribution >= 0.6 is 0 Å². The van der Waals surface area contributed by atoms with Crippen molar-refractivity contribution in [1.29, 1.82) is 0 Å². The fourth-order valence-electron chi connectivity index (χ4n) is 2.54. The first kappa shape index (κ1) is 19.0. The summed E-state index contributed by atoms with van der Waals surface area (Å²) >= 11 is 0. The molecule has 0 atom stereocenters. The number of rotatable bonds is 10. The van der Waals surface area contributed by atoms with Crippen molar-refractivity contribution in [1.82, 2.24) is 0 Å². The van der Waals surface area contributed by atoms with Gasteiger partial charge in [0.1, 0.15) is 0 Å². The Morgan fingerprint density at radius 2 is 1.36 bits per heavy atom. The highest BCUT2D eigenvalue weighted by Gasteiger charge is 2.25. The zero-order valence-electron chi connectivity index (χ0n) is 12.8. The van der Waals surface area contributed by atoms with Crippen LogP contribution in [0.2, 0.25) is 0 Å². The van der Waals surface area contributed by atoms with Crippen LogP contribution in [0.15, 0.2) is 24.3 Å². The maximum absolute atomic E-state index is 11.9. The van der Waals surface area contributed by atoms with Crippen LogP contribution in [0.4, 0.5) is 13.2 Å². The molecule has 6 heteroatoms. The lowest BCUT2D eigenvalue weighted by atomic mass is 9.76. The summed E-state index contributed by atoms with van der Waals surface area (Å²) in [4.78, 5) is 0. The number of aryl methyl sites for hydroxylation is 1. The quantitative estimate of drug-likeness (QED) is 0.511. The largest absolute Gasteiger partial charge is 0.488 e. The molecule has 0 aliphatic heterocycles.